The standard InChI is InChI=1S/C15H13BrClNO2/c16-12-8-10(6-7-13(12)17)9-18-14(15(19)20)11-4-2-1-3-5-11/h1-8,14,18H,9H2,(H,19,20). The van der Waals surface area contributed by atoms with Crippen molar-refractivity contribution >= 4 is 33.5 Å². The van der Waals surface area contributed by atoms with E-state index in [1.165, 1.54) is 0 Å². The lowest BCUT2D eigenvalue weighted by atomic mass is 10.1. The zero-order chi connectivity index (χ0) is 14.5. The van der Waals surface area contributed by atoms with Gasteiger partial charge in [-0.15, -0.1) is 0 Å². The lowest BCUT2D eigenvalue weighted by molar-refractivity contribution is -0.139. The van der Waals surface area contributed by atoms with Crippen LogP contribution in [0.5, 0.6) is 0 Å². The highest BCUT2D eigenvalue weighted by molar-refractivity contribution is 9.10. The van der Waals surface area contributed by atoms with Crippen LogP contribution in [0.2, 0.25) is 5.02 Å². The Hall–Kier alpha value is -1.36. The van der Waals surface area contributed by atoms with Crippen molar-refractivity contribution in [1.29, 1.82) is 0 Å². The molecular weight excluding hydrogens is 342 g/mol. The summed E-state index contributed by atoms with van der Waals surface area (Å²) in [5, 5.41) is 13.0. The molecule has 0 aliphatic heterocycles. The second kappa shape index (κ2) is 6.88. The molecule has 0 saturated carbocycles. The minimum atomic E-state index is -0.899. The van der Waals surface area contributed by atoms with Gasteiger partial charge in [0, 0.05) is 11.0 Å². The Kier molecular flexibility index (Phi) is 5.17. The first-order chi connectivity index (χ1) is 9.58. The van der Waals surface area contributed by atoms with Crippen LogP contribution in [-0.4, -0.2) is 11.1 Å². The molecular formula is C15H13BrClNO2. The van der Waals surface area contributed by atoms with Crippen LogP contribution in [0.25, 0.3) is 0 Å². The Morgan fingerprint density at radius 3 is 2.55 bits per heavy atom. The molecule has 0 saturated heterocycles. The molecule has 0 amide bonds. The quantitative estimate of drug-likeness (QED) is 0.852. The first kappa shape index (κ1) is 15.0. The first-order valence-electron chi connectivity index (χ1n) is 6.03. The summed E-state index contributed by atoms with van der Waals surface area (Å²) in [6.07, 6.45) is 0. The van der Waals surface area contributed by atoms with Crippen LogP contribution in [-0.2, 0) is 11.3 Å². The summed E-state index contributed by atoms with van der Waals surface area (Å²) >= 11 is 9.28. The molecule has 104 valence electrons. The molecule has 1 unspecified atom stereocenters. The number of halogens is 2. The van der Waals surface area contributed by atoms with Crippen molar-refractivity contribution in [2.24, 2.45) is 0 Å². The fraction of sp³-hybridized carbons (Fsp3) is 0.133. The molecule has 2 aromatic carbocycles. The molecule has 2 rings (SSSR count). The predicted octanol–water partition coefficient (Wildman–Crippen LogP) is 4.02. The second-order valence-corrected chi connectivity index (χ2v) is 5.57. The van der Waals surface area contributed by atoms with Crippen molar-refractivity contribution in [1.82, 2.24) is 5.32 Å². The number of carboxylic acid groups (broad SMARTS) is 1. The summed E-state index contributed by atoms with van der Waals surface area (Å²) in [7, 11) is 0. The number of carbonyl (C=O) groups is 1. The van der Waals surface area contributed by atoms with Crippen LogP contribution in [0, 0.1) is 0 Å². The summed E-state index contributed by atoms with van der Waals surface area (Å²) in [6, 6.07) is 13.9. The van der Waals surface area contributed by atoms with Crippen molar-refractivity contribution in [2.75, 3.05) is 0 Å². The summed E-state index contributed by atoms with van der Waals surface area (Å²) in [6.45, 7) is 0.446. The molecule has 0 aliphatic rings. The van der Waals surface area contributed by atoms with Gasteiger partial charge in [-0.25, -0.2) is 0 Å². The van der Waals surface area contributed by atoms with E-state index in [-0.39, 0.29) is 0 Å². The van der Waals surface area contributed by atoms with Crippen LogP contribution in [0.1, 0.15) is 17.2 Å². The van der Waals surface area contributed by atoms with Crippen LogP contribution in [0.15, 0.2) is 53.0 Å². The van der Waals surface area contributed by atoms with Gasteiger partial charge in [-0.3, -0.25) is 10.1 Å². The Morgan fingerprint density at radius 2 is 1.95 bits per heavy atom. The maximum Gasteiger partial charge on any atom is 0.325 e. The third-order valence-corrected chi connectivity index (χ3v) is 4.09. The molecule has 0 fully saturated rings. The normalized spacial score (nSPS) is 12.1. The molecule has 0 radical (unpaired) electrons. The lowest BCUT2D eigenvalue weighted by Gasteiger charge is -2.15. The third kappa shape index (κ3) is 3.82. The second-order valence-electron chi connectivity index (χ2n) is 4.31. The molecule has 0 heterocycles. The number of hydrogen-bond acceptors (Lipinski definition) is 2. The van der Waals surface area contributed by atoms with Gasteiger partial charge in [0.25, 0.3) is 0 Å². The fourth-order valence-electron chi connectivity index (χ4n) is 1.86. The number of hydrogen-bond donors (Lipinski definition) is 2. The van der Waals surface area contributed by atoms with Crippen molar-refractivity contribution in [3.63, 3.8) is 0 Å². The molecule has 0 spiro atoms. The highest BCUT2D eigenvalue weighted by atomic mass is 79.9. The summed E-state index contributed by atoms with van der Waals surface area (Å²) in [5.41, 5.74) is 1.69. The number of aliphatic carboxylic acids is 1. The Balaban J connectivity index is 2.10. The number of benzene rings is 2. The highest BCUT2D eigenvalue weighted by Gasteiger charge is 2.18. The Labute approximate surface area is 130 Å². The molecule has 2 N–H and O–H groups in total. The predicted molar refractivity (Wildman–Crippen MR) is 82.8 cm³/mol. The van der Waals surface area contributed by atoms with Crippen molar-refractivity contribution in [3.05, 3.63) is 69.2 Å². The largest absolute Gasteiger partial charge is 0.480 e. The molecule has 2 aromatic rings. The maximum atomic E-state index is 11.3. The van der Waals surface area contributed by atoms with E-state index in [0.29, 0.717) is 11.6 Å². The van der Waals surface area contributed by atoms with Gasteiger partial charge >= 0.3 is 5.97 Å². The van der Waals surface area contributed by atoms with Gasteiger partial charge < -0.3 is 5.11 Å². The zero-order valence-electron chi connectivity index (χ0n) is 10.5. The van der Waals surface area contributed by atoms with Crippen LogP contribution >= 0.6 is 27.5 Å². The number of carboxylic acids is 1. The minimum absolute atomic E-state index is 0.446. The summed E-state index contributed by atoms with van der Waals surface area (Å²) in [5.74, 6) is -0.899. The number of nitrogens with one attached hydrogen (secondary N) is 1. The van der Waals surface area contributed by atoms with E-state index in [1.54, 1.807) is 18.2 Å². The van der Waals surface area contributed by atoms with E-state index < -0.39 is 12.0 Å². The molecule has 3 nitrogen and oxygen atoms in total. The smallest absolute Gasteiger partial charge is 0.325 e. The van der Waals surface area contributed by atoms with Crippen molar-refractivity contribution in [2.45, 2.75) is 12.6 Å². The Bertz CT molecular complexity index is 604. The van der Waals surface area contributed by atoms with E-state index in [1.807, 2.05) is 30.3 Å². The third-order valence-electron chi connectivity index (χ3n) is 2.87. The topological polar surface area (TPSA) is 49.3 Å². The molecule has 20 heavy (non-hydrogen) atoms. The van der Waals surface area contributed by atoms with Gasteiger partial charge in [0.2, 0.25) is 0 Å². The fourth-order valence-corrected chi connectivity index (χ4v) is 2.41. The van der Waals surface area contributed by atoms with E-state index in [0.717, 1.165) is 15.6 Å². The van der Waals surface area contributed by atoms with E-state index in [4.69, 9.17) is 11.6 Å². The van der Waals surface area contributed by atoms with Gasteiger partial charge in [-0.05, 0) is 39.2 Å². The molecule has 1 atom stereocenters. The van der Waals surface area contributed by atoms with Crippen molar-refractivity contribution < 1.29 is 9.90 Å². The molecule has 0 aliphatic carbocycles. The number of rotatable bonds is 5. The van der Waals surface area contributed by atoms with Gasteiger partial charge in [0.1, 0.15) is 6.04 Å². The van der Waals surface area contributed by atoms with Gasteiger partial charge in [-0.1, -0.05) is 48.0 Å². The van der Waals surface area contributed by atoms with Crippen LogP contribution in [0.4, 0.5) is 0 Å². The van der Waals surface area contributed by atoms with Gasteiger partial charge in [-0.2, -0.15) is 0 Å². The highest BCUT2D eigenvalue weighted by Crippen LogP contribution is 2.23. The first-order valence-corrected chi connectivity index (χ1v) is 7.20. The van der Waals surface area contributed by atoms with Gasteiger partial charge in [0.05, 0.1) is 5.02 Å². The monoisotopic (exact) mass is 353 g/mol. The van der Waals surface area contributed by atoms with E-state index in [2.05, 4.69) is 21.2 Å². The molecule has 0 bridgehead atoms. The average Bonchev–Trinajstić information content (AvgIpc) is 2.44. The van der Waals surface area contributed by atoms with Crippen LogP contribution in [0.3, 0.4) is 0 Å². The lowest BCUT2D eigenvalue weighted by Crippen LogP contribution is -2.28. The van der Waals surface area contributed by atoms with Gasteiger partial charge in [0.15, 0.2) is 0 Å². The average molecular weight is 355 g/mol. The molecule has 0 aromatic heterocycles. The SMILES string of the molecule is O=C(O)C(NCc1ccc(Cl)c(Br)c1)c1ccccc1. The maximum absolute atomic E-state index is 11.3. The van der Waals surface area contributed by atoms with E-state index >= 15 is 0 Å². The summed E-state index contributed by atoms with van der Waals surface area (Å²) in [4.78, 5) is 11.3. The summed E-state index contributed by atoms with van der Waals surface area (Å²) < 4.78 is 0.796. The Morgan fingerprint density at radius 1 is 1.25 bits per heavy atom. The minimum Gasteiger partial charge on any atom is -0.480 e. The van der Waals surface area contributed by atoms with Crippen LogP contribution < -0.4 is 5.32 Å². The zero-order valence-corrected chi connectivity index (χ0v) is 12.9. The van der Waals surface area contributed by atoms with E-state index in [9.17, 15) is 9.90 Å². The van der Waals surface area contributed by atoms with Crippen molar-refractivity contribution in [3.8, 4) is 0 Å². The molecule has 5 heteroatoms.